The summed E-state index contributed by atoms with van der Waals surface area (Å²) in [7, 11) is 0. The molecule has 0 aliphatic heterocycles. The molecule has 2 heterocycles. The van der Waals surface area contributed by atoms with Gasteiger partial charge in [-0.05, 0) is 36.6 Å². The second-order valence-electron chi connectivity index (χ2n) is 5.55. The van der Waals surface area contributed by atoms with Crippen LogP contribution in [0, 0.1) is 5.92 Å². The lowest BCUT2D eigenvalue weighted by molar-refractivity contribution is -0.120. The summed E-state index contributed by atoms with van der Waals surface area (Å²) in [6.45, 7) is 2.29. The second-order valence-corrected chi connectivity index (χ2v) is 7.19. The van der Waals surface area contributed by atoms with Crippen molar-refractivity contribution in [3.8, 4) is 10.6 Å². The van der Waals surface area contributed by atoms with Gasteiger partial charge in [0, 0.05) is 36.1 Å². The van der Waals surface area contributed by atoms with E-state index >= 15 is 0 Å². The zero-order valence-electron chi connectivity index (χ0n) is 12.4. The highest BCUT2D eigenvalue weighted by atomic mass is 32.1. The number of rotatable bonds is 9. The molecule has 0 aromatic carbocycles. The maximum absolute atomic E-state index is 11.9. The van der Waals surface area contributed by atoms with Crippen LogP contribution in [0.1, 0.15) is 25.0 Å². The Morgan fingerprint density at radius 1 is 1.41 bits per heavy atom. The Labute approximate surface area is 138 Å². The molecular weight excluding hydrogens is 316 g/mol. The molecular formula is C16H20N2O2S2. The number of hydrogen-bond acceptors (Lipinski definition) is 5. The number of nitrogens with zero attached hydrogens (tertiary/aromatic N) is 1. The number of thiazole rings is 1. The minimum atomic E-state index is 0.0318. The zero-order valence-corrected chi connectivity index (χ0v) is 14.0. The first-order valence-corrected chi connectivity index (χ1v) is 9.45. The van der Waals surface area contributed by atoms with Crippen LogP contribution in [0.3, 0.4) is 0 Å². The number of amides is 1. The topological polar surface area (TPSA) is 51.2 Å². The van der Waals surface area contributed by atoms with Gasteiger partial charge in [0.2, 0.25) is 5.91 Å². The Hall–Kier alpha value is -1.24. The van der Waals surface area contributed by atoms with E-state index < -0.39 is 0 Å². The Balaban J connectivity index is 1.33. The number of ether oxygens (including phenoxy) is 1. The van der Waals surface area contributed by atoms with Crippen LogP contribution in [-0.4, -0.2) is 30.6 Å². The number of hydrogen-bond donors (Lipinski definition) is 1. The smallest absolute Gasteiger partial charge is 0.226 e. The summed E-state index contributed by atoms with van der Waals surface area (Å²) in [5, 5.41) is 9.98. The number of carbonyl (C=O) groups is 1. The molecule has 22 heavy (non-hydrogen) atoms. The number of carbonyl (C=O) groups excluding carboxylic acids is 1. The van der Waals surface area contributed by atoms with E-state index in [2.05, 4.69) is 21.7 Å². The summed E-state index contributed by atoms with van der Waals surface area (Å²) in [5.74, 6) is 0.834. The van der Waals surface area contributed by atoms with Gasteiger partial charge >= 0.3 is 0 Å². The first kappa shape index (κ1) is 15.6. The first-order valence-electron chi connectivity index (χ1n) is 7.62. The van der Waals surface area contributed by atoms with Crippen molar-refractivity contribution in [3.63, 3.8) is 0 Å². The molecule has 1 fully saturated rings. The molecule has 4 nitrogen and oxygen atoms in total. The van der Waals surface area contributed by atoms with Gasteiger partial charge < -0.3 is 10.1 Å². The van der Waals surface area contributed by atoms with E-state index in [0.717, 1.165) is 41.8 Å². The van der Waals surface area contributed by atoms with Crippen LogP contribution in [0.4, 0.5) is 0 Å². The molecule has 6 heteroatoms. The molecule has 1 saturated carbocycles. The quantitative estimate of drug-likeness (QED) is 0.715. The highest BCUT2D eigenvalue weighted by molar-refractivity contribution is 7.14. The monoisotopic (exact) mass is 336 g/mol. The summed E-state index contributed by atoms with van der Waals surface area (Å²) in [5.41, 5.74) is 1.98. The van der Waals surface area contributed by atoms with Crippen molar-refractivity contribution >= 4 is 28.6 Å². The van der Waals surface area contributed by atoms with Crippen LogP contribution < -0.4 is 5.32 Å². The van der Waals surface area contributed by atoms with E-state index in [-0.39, 0.29) is 5.91 Å². The summed E-state index contributed by atoms with van der Waals surface area (Å²) in [6, 6.07) is 2.05. The molecule has 1 amide bonds. The molecule has 0 atom stereocenters. The van der Waals surface area contributed by atoms with Crippen molar-refractivity contribution in [2.24, 2.45) is 5.92 Å². The second kappa shape index (κ2) is 7.85. The van der Waals surface area contributed by atoms with Crippen LogP contribution in [0.5, 0.6) is 0 Å². The lowest BCUT2D eigenvalue weighted by atomic mass is 10.3. The van der Waals surface area contributed by atoms with Gasteiger partial charge in [-0.2, -0.15) is 11.3 Å². The van der Waals surface area contributed by atoms with E-state index in [9.17, 15) is 4.79 Å². The number of thiophene rings is 1. The van der Waals surface area contributed by atoms with Gasteiger partial charge in [0.25, 0.3) is 0 Å². The molecule has 1 aliphatic rings. The SMILES string of the molecule is O=C(Cc1csc(-c2ccsc2)n1)NCCCOCC1CC1. The van der Waals surface area contributed by atoms with Gasteiger partial charge in [0.05, 0.1) is 12.1 Å². The van der Waals surface area contributed by atoms with Gasteiger partial charge in [-0.25, -0.2) is 4.98 Å². The maximum Gasteiger partial charge on any atom is 0.226 e. The summed E-state index contributed by atoms with van der Waals surface area (Å²) in [4.78, 5) is 16.4. The zero-order chi connectivity index (χ0) is 15.2. The highest BCUT2D eigenvalue weighted by Gasteiger charge is 2.20. The molecule has 0 radical (unpaired) electrons. The van der Waals surface area contributed by atoms with Crippen molar-refractivity contribution in [1.29, 1.82) is 0 Å². The lowest BCUT2D eigenvalue weighted by Crippen LogP contribution is -2.27. The average Bonchev–Trinajstić information content (AvgIpc) is 3.00. The van der Waals surface area contributed by atoms with E-state index in [1.807, 2.05) is 10.8 Å². The summed E-state index contributed by atoms with van der Waals surface area (Å²) in [6.07, 6.45) is 3.86. The minimum Gasteiger partial charge on any atom is -0.381 e. The Kier molecular flexibility index (Phi) is 5.58. The van der Waals surface area contributed by atoms with Crippen molar-refractivity contribution in [1.82, 2.24) is 10.3 Å². The van der Waals surface area contributed by atoms with E-state index in [0.29, 0.717) is 13.0 Å². The molecule has 0 saturated heterocycles. The summed E-state index contributed by atoms with van der Waals surface area (Å²) >= 11 is 3.24. The number of nitrogens with one attached hydrogen (secondary N) is 1. The molecule has 1 aliphatic carbocycles. The Bertz CT molecular complexity index is 591. The molecule has 1 N–H and O–H groups in total. The Morgan fingerprint density at radius 3 is 3.09 bits per heavy atom. The molecule has 2 aromatic heterocycles. The van der Waals surface area contributed by atoms with E-state index in [1.165, 1.54) is 12.8 Å². The largest absolute Gasteiger partial charge is 0.381 e. The van der Waals surface area contributed by atoms with E-state index in [1.54, 1.807) is 22.7 Å². The highest BCUT2D eigenvalue weighted by Crippen LogP contribution is 2.28. The molecule has 3 rings (SSSR count). The molecule has 0 bridgehead atoms. The molecule has 118 valence electrons. The maximum atomic E-state index is 11.9. The molecule has 0 unspecified atom stereocenters. The van der Waals surface area contributed by atoms with E-state index in [4.69, 9.17) is 4.74 Å². The normalized spacial score (nSPS) is 14.2. The molecule has 0 spiro atoms. The van der Waals surface area contributed by atoms with Crippen LogP contribution in [0.15, 0.2) is 22.2 Å². The first-order chi connectivity index (χ1) is 10.8. The number of aromatic nitrogens is 1. The van der Waals surface area contributed by atoms with Crippen molar-refractivity contribution < 1.29 is 9.53 Å². The van der Waals surface area contributed by atoms with Crippen molar-refractivity contribution in [2.75, 3.05) is 19.8 Å². The van der Waals surface area contributed by atoms with Gasteiger partial charge in [0.15, 0.2) is 0 Å². The predicted octanol–water partition coefficient (Wildman–Crippen LogP) is 3.35. The Morgan fingerprint density at radius 2 is 2.32 bits per heavy atom. The van der Waals surface area contributed by atoms with Crippen molar-refractivity contribution in [2.45, 2.75) is 25.7 Å². The van der Waals surface area contributed by atoms with Crippen LogP contribution in [0.2, 0.25) is 0 Å². The minimum absolute atomic E-state index is 0.0318. The van der Waals surface area contributed by atoms with Crippen LogP contribution in [0.25, 0.3) is 10.6 Å². The third kappa shape index (κ3) is 4.90. The van der Waals surface area contributed by atoms with Gasteiger partial charge in [-0.1, -0.05) is 0 Å². The predicted molar refractivity (Wildman–Crippen MR) is 90.3 cm³/mol. The fraction of sp³-hybridized carbons (Fsp3) is 0.500. The third-order valence-electron chi connectivity index (χ3n) is 3.50. The lowest BCUT2D eigenvalue weighted by Gasteiger charge is -2.05. The van der Waals surface area contributed by atoms with Gasteiger partial charge in [0.1, 0.15) is 5.01 Å². The summed E-state index contributed by atoms with van der Waals surface area (Å²) < 4.78 is 5.54. The van der Waals surface area contributed by atoms with Crippen molar-refractivity contribution in [3.05, 3.63) is 27.9 Å². The molecule has 2 aromatic rings. The van der Waals surface area contributed by atoms with Gasteiger partial charge in [-0.3, -0.25) is 4.79 Å². The standard InChI is InChI=1S/C16H20N2O2S2/c19-15(17-5-1-6-20-9-12-2-3-12)8-14-11-22-16(18-14)13-4-7-21-10-13/h4,7,10-12H,1-3,5-6,8-9H2,(H,17,19). The van der Waals surface area contributed by atoms with Gasteiger partial charge in [-0.15, -0.1) is 11.3 Å². The average molecular weight is 336 g/mol. The fourth-order valence-electron chi connectivity index (χ4n) is 2.07. The fourth-order valence-corrected chi connectivity index (χ4v) is 3.60. The van der Waals surface area contributed by atoms with Crippen LogP contribution >= 0.6 is 22.7 Å². The van der Waals surface area contributed by atoms with Crippen LogP contribution in [-0.2, 0) is 16.0 Å². The third-order valence-corrected chi connectivity index (χ3v) is 5.12.